The molecule has 1 unspecified atom stereocenters. The van der Waals surface area contributed by atoms with Crippen LogP contribution in [0.3, 0.4) is 0 Å². The van der Waals surface area contributed by atoms with E-state index in [1.54, 1.807) is 0 Å². The van der Waals surface area contributed by atoms with Crippen molar-refractivity contribution in [1.29, 1.82) is 0 Å². The van der Waals surface area contributed by atoms with Crippen LogP contribution in [-0.4, -0.2) is 19.3 Å². The van der Waals surface area contributed by atoms with Gasteiger partial charge in [-0.3, -0.25) is 11.3 Å². The zero-order chi connectivity index (χ0) is 12.0. The third-order valence-electron chi connectivity index (χ3n) is 2.27. The molecule has 1 rings (SSSR count). The first-order chi connectivity index (χ1) is 7.69. The summed E-state index contributed by atoms with van der Waals surface area (Å²) in [5, 5.41) is 1.31. The van der Waals surface area contributed by atoms with Crippen LogP contribution < -0.4 is 11.3 Å². The quantitative estimate of drug-likeness (QED) is 0.612. The number of hydrogen-bond acceptors (Lipinski definition) is 3. The molecule has 3 nitrogen and oxygen atoms in total. The lowest BCUT2D eigenvalue weighted by Crippen LogP contribution is -2.40. The largest absolute Gasteiger partial charge is 0.380 e. The summed E-state index contributed by atoms with van der Waals surface area (Å²) < 4.78 is 5.31. The van der Waals surface area contributed by atoms with E-state index in [2.05, 4.69) is 5.43 Å². The molecule has 0 amide bonds. The Morgan fingerprint density at radius 2 is 2.00 bits per heavy atom. The van der Waals surface area contributed by atoms with Crippen LogP contribution in [0.15, 0.2) is 18.2 Å². The maximum absolute atomic E-state index is 6.07. The third-order valence-corrected chi connectivity index (χ3v) is 2.98. The van der Waals surface area contributed by atoms with Crippen molar-refractivity contribution in [1.82, 2.24) is 5.43 Å². The van der Waals surface area contributed by atoms with Crippen molar-refractivity contribution in [2.24, 2.45) is 5.84 Å². The van der Waals surface area contributed by atoms with Crippen LogP contribution in [0.25, 0.3) is 0 Å². The molecular weight excluding hydrogens is 247 g/mol. The van der Waals surface area contributed by atoms with Gasteiger partial charge in [-0.05, 0) is 31.0 Å². The Bertz CT molecular complexity index is 314. The summed E-state index contributed by atoms with van der Waals surface area (Å²) in [5.41, 5.74) is 3.59. The van der Waals surface area contributed by atoms with Crippen LogP contribution in [-0.2, 0) is 11.2 Å². The van der Waals surface area contributed by atoms with Crippen molar-refractivity contribution < 1.29 is 4.74 Å². The smallest absolute Gasteiger partial charge is 0.0636 e. The highest BCUT2D eigenvalue weighted by molar-refractivity contribution is 6.35. The standard InChI is InChI=1S/C11H16Cl2N2O/c1-2-16-7-8(15-14)6-9-10(12)4-3-5-11(9)13/h3-5,8,15H,2,6-7,14H2,1H3. The highest BCUT2D eigenvalue weighted by Crippen LogP contribution is 2.25. The third kappa shape index (κ3) is 3.92. The van der Waals surface area contributed by atoms with Gasteiger partial charge in [-0.2, -0.15) is 0 Å². The van der Waals surface area contributed by atoms with Gasteiger partial charge in [-0.25, -0.2) is 0 Å². The van der Waals surface area contributed by atoms with Gasteiger partial charge < -0.3 is 4.74 Å². The Hall–Kier alpha value is -0.320. The van der Waals surface area contributed by atoms with Gasteiger partial charge in [0, 0.05) is 22.7 Å². The fourth-order valence-electron chi connectivity index (χ4n) is 1.40. The van der Waals surface area contributed by atoms with E-state index in [9.17, 15) is 0 Å². The Morgan fingerprint density at radius 1 is 1.38 bits per heavy atom. The highest BCUT2D eigenvalue weighted by Gasteiger charge is 2.12. The Balaban J connectivity index is 2.69. The zero-order valence-corrected chi connectivity index (χ0v) is 10.7. The number of rotatable bonds is 6. The molecule has 1 atom stereocenters. The molecule has 1 aromatic carbocycles. The molecule has 0 spiro atoms. The average Bonchev–Trinajstić information content (AvgIpc) is 2.28. The van der Waals surface area contributed by atoms with Crippen LogP contribution in [0.1, 0.15) is 12.5 Å². The molecule has 0 aromatic heterocycles. The van der Waals surface area contributed by atoms with E-state index < -0.39 is 0 Å². The molecule has 0 aliphatic heterocycles. The molecule has 90 valence electrons. The van der Waals surface area contributed by atoms with Crippen LogP contribution in [0.5, 0.6) is 0 Å². The maximum Gasteiger partial charge on any atom is 0.0636 e. The second-order valence-electron chi connectivity index (χ2n) is 3.43. The minimum absolute atomic E-state index is 0.0114. The number of ether oxygens (including phenoxy) is 1. The van der Waals surface area contributed by atoms with Crippen LogP contribution >= 0.6 is 23.2 Å². The number of benzene rings is 1. The molecule has 1 aromatic rings. The van der Waals surface area contributed by atoms with Crippen molar-refractivity contribution in [3.8, 4) is 0 Å². The predicted octanol–water partition coefficient (Wildman–Crippen LogP) is 2.40. The number of hydrogen-bond donors (Lipinski definition) is 2. The first-order valence-corrected chi connectivity index (χ1v) is 5.91. The van der Waals surface area contributed by atoms with Crippen molar-refractivity contribution in [2.45, 2.75) is 19.4 Å². The first kappa shape index (κ1) is 13.7. The maximum atomic E-state index is 6.07. The summed E-state index contributed by atoms with van der Waals surface area (Å²) in [4.78, 5) is 0. The minimum Gasteiger partial charge on any atom is -0.380 e. The van der Waals surface area contributed by atoms with E-state index in [0.29, 0.717) is 29.7 Å². The second kappa shape index (κ2) is 7.09. The summed E-state index contributed by atoms with van der Waals surface area (Å²) in [6.07, 6.45) is 0.648. The van der Waals surface area contributed by atoms with Gasteiger partial charge in [0.1, 0.15) is 0 Å². The van der Waals surface area contributed by atoms with Gasteiger partial charge in [0.05, 0.1) is 6.61 Å². The van der Waals surface area contributed by atoms with Crippen molar-refractivity contribution in [3.05, 3.63) is 33.8 Å². The second-order valence-corrected chi connectivity index (χ2v) is 4.24. The predicted molar refractivity (Wildman–Crippen MR) is 67.8 cm³/mol. The zero-order valence-electron chi connectivity index (χ0n) is 9.17. The molecule has 0 aliphatic carbocycles. The van der Waals surface area contributed by atoms with Gasteiger partial charge in [0.2, 0.25) is 0 Å². The summed E-state index contributed by atoms with van der Waals surface area (Å²) >= 11 is 12.1. The van der Waals surface area contributed by atoms with E-state index in [1.807, 2.05) is 25.1 Å². The summed E-state index contributed by atoms with van der Waals surface area (Å²) in [7, 11) is 0. The molecule has 0 heterocycles. The van der Waals surface area contributed by atoms with Crippen molar-refractivity contribution in [3.63, 3.8) is 0 Å². The average molecular weight is 263 g/mol. The van der Waals surface area contributed by atoms with E-state index in [1.165, 1.54) is 0 Å². The molecular formula is C11H16Cl2N2O. The molecule has 0 aliphatic rings. The molecule has 5 heteroatoms. The van der Waals surface area contributed by atoms with Gasteiger partial charge in [-0.15, -0.1) is 0 Å². The van der Waals surface area contributed by atoms with Gasteiger partial charge in [0.25, 0.3) is 0 Å². The Labute approximate surface area is 106 Å². The SMILES string of the molecule is CCOCC(Cc1c(Cl)cccc1Cl)NN. The molecule has 0 saturated carbocycles. The van der Waals surface area contributed by atoms with Gasteiger partial charge in [-0.1, -0.05) is 29.3 Å². The number of nitrogens with two attached hydrogens (primary N) is 1. The lowest BCUT2D eigenvalue weighted by molar-refractivity contribution is 0.123. The molecule has 0 fully saturated rings. The van der Waals surface area contributed by atoms with Crippen LogP contribution in [0, 0.1) is 0 Å². The van der Waals surface area contributed by atoms with E-state index in [4.69, 9.17) is 33.8 Å². The van der Waals surface area contributed by atoms with Crippen LogP contribution in [0.4, 0.5) is 0 Å². The Kier molecular flexibility index (Phi) is 6.09. The topological polar surface area (TPSA) is 47.3 Å². The fraction of sp³-hybridized carbons (Fsp3) is 0.455. The Morgan fingerprint density at radius 3 is 2.50 bits per heavy atom. The molecule has 0 saturated heterocycles. The molecule has 3 N–H and O–H groups in total. The normalized spacial score (nSPS) is 12.8. The van der Waals surface area contributed by atoms with E-state index in [-0.39, 0.29) is 6.04 Å². The number of nitrogens with one attached hydrogen (secondary N) is 1. The summed E-state index contributed by atoms with van der Waals surface area (Å²) in [5.74, 6) is 5.45. The molecule has 0 bridgehead atoms. The molecule has 0 radical (unpaired) electrons. The monoisotopic (exact) mass is 262 g/mol. The van der Waals surface area contributed by atoms with E-state index in [0.717, 1.165) is 5.56 Å². The highest BCUT2D eigenvalue weighted by atomic mass is 35.5. The van der Waals surface area contributed by atoms with Crippen LogP contribution in [0.2, 0.25) is 10.0 Å². The number of halogens is 2. The lowest BCUT2D eigenvalue weighted by atomic mass is 10.1. The fourth-order valence-corrected chi connectivity index (χ4v) is 1.95. The summed E-state index contributed by atoms with van der Waals surface area (Å²) in [6.45, 7) is 3.14. The van der Waals surface area contributed by atoms with Gasteiger partial charge >= 0.3 is 0 Å². The summed E-state index contributed by atoms with van der Waals surface area (Å²) in [6, 6.07) is 5.47. The molecule has 16 heavy (non-hydrogen) atoms. The minimum atomic E-state index is 0.0114. The first-order valence-electron chi connectivity index (χ1n) is 5.15. The number of hydrazine groups is 1. The van der Waals surface area contributed by atoms with Crippen molar-refractivity contribution in [2.75, 3.05) is 13.2 Å². The lowest BCUT2D eigenvalue weighted by Gasteiger charge is -2.17. The van der Waals surface area contributed by atoms with Crippen molar-refractivity contribution >= 4 is 23.2 Å². The van der Waals surface area contributed by atoms with E-state index >= 15 is 0 Å². The van der Waals surface area contributed by atoms with Gasteiger partial charge in [0.15, 0.2) is 0 Å².